The quantitative estimate of drug-likeness (QED) is 0.339. The fourth-order valence-corrected chi connectivity index (χ4v) is 2.62. The predicted molar refractivity (Wildman–Crippen MR) is 71.8 cm³/mol. The standard InChI is InChI=1S/C12H21N3OS/c1-3-4-5-8-15(2)9-10-6-7-11(17-10)12(16)14-13/h6-7H,3-5,8-9,13H2,1-2H3,(H,14,16). The van der Waals surface area contributed by atoms with Gasteiger partial charge in [-0.25, -0.2) is 5.84 Å². The Hall–Kier alpha value is -0.910. The van der Waals surface area contributed by atoms with Crippen molar-refractivity contribution in [2.24, 2.45) is 5.84 Å². The Labute approximate surface area is 107 Å². The first-order valence-electron chi connectivity index (χ1n) is 5.95. The molecule has 0 bridgehead atoms. The molecule has 4 nitrogen and oxygen atoms in total. The normalized spacial score (nSPS) is 10.8. The van der Waals surface area contributed by atoms with Gasteiger partial charge in [-0.3, -0.25) is 10.2 Å². The largest absolute Gasteiger partial charge is 0.301 e. The van der Waals surface area contributed by atoms with Gasteiger partial charge in [0.2, 0.25) is 0 Å². The zero-order valence-electron chi connectivity index (χ0n) is 10.5. The second-order valence-corrected chi connectivity index (χ2v) is 5.35. The van der Waals surface area contributed by atoms with Crippen molar-refractivity contribution < 1.29 is 4.79 Å². The van der Waals surface area contributed by atoms with Crippen molar-refractivity contribution in [3.8, 4) is 0 Å². The lowest BCUT2D eigenvalue weighted by atomic mass is 10.2. The number of carbonyl (C=O) groups is 1. The number of carbonyl (C=O) groups excluding carboxylic acids is 1. The molecule has 5 heteroatoms. The van der Waals surface area contributed by atoms with Crippen LogP contribution in [0.4, 0.5) is 0 Å². The van der Waals surface area contributed by atoms with E-state index in [2.05, 4.69) is 24.3 Å². The summed E-state index contributed by atoms with van der Waals surface area (Å²) in [6.07, 6.45) is 3.75. The Kier molecular flexibility index (Phi) is 6.18. The van der Waals surface area contributed by atoms with E-state index >= 15 is 0 Å². The number of hydrazine groups is 1. The summed E-state index contributed by atoms with van der Waals surface area (Å²) < 4.78 is 0. The van der Waals surface area contributed by atoms with Gasteiger partial charge in [0.15, 0.2) is 0 Å². The minimum absolute atomic E-state index is 0.213. The first-order chi connectivity index (χ1) is 8.17. The van der Waals surface area contributed by atoms with Gasteiger partial charge in [-0.05, 0) is 32.1 Å². The monoisotopic (exact) mass is 255 g/mol. The van der Waals surface area contributed by atoms with Gasteiger partial charge >= 0.3 is 0 Å². The molecule has 0 aliphatic heterocycles. The third-order valence-electron chi connectivity index (χ3n) is 2.59. The molecular formula is C12H21N3OS. The Morgan fingerprint density at radius 1 is 1.47 bits per heavy atom. The second-order valence-electron chi connectivity index (χ2n) is 4.18. The molecule has 0 aliphatic carbocycles. The fourth-order valence-electron chi connectivity index (χ4n) is 1.63. The summed E-state index contributed by atoms with van der Waals surface area (Å²) in [5.74, 6) is 4.88. The third kappa shape index (κ3) is 4.85. The third-order valence-corrected chi connectivity index (χ3v) is 3.65. The van der Waals surface area contributed by atoms with Crippen LogP contribution in [-0.2, 0) is 6.54 Å². The molecule has 0 atom stereocenters. The van der Waals surface area contributed by atoms with E-state index in [0.717, 1.165) is 13.1 Å². The molecule has 96 valence electrons. The van der Waals surface area contributed by atoms with Crippen LogP contribution in [0, 0.1) is 0 Å². The zero-order chi connectivity index (χ0) is 12.7. The molecule has 0 fully saturated rings. The first-order valence-corrected chi connectivity index (χ1v) is 6.77. The highest BCUT2D eigenvalue weighted by atomic mass is 32.1. The first kappa shape index (κ1) is 14.2. The van der Waals surface area contributed by atoms with Crippen LogP contribution in [0.5, 0.6) is 0 Å². The highest BCUT2D eigenvalue weighted by Crippen LogP contribution is 2.17. The van der Waals surface area contributed by atoms with E-state index in [1.165, 1.54) is 35.5 Å². The Morgan fingerprint density at radius 2 is 2.24 bits per heavy atom. The summed E-state index contributed by atoms with van der Waals surface area (Å²) in [5, 5.41) is 0. The van der Waals surface area contributed by atoms with E-state index in [4.69, 9.17) is 5.84 Å². The molecule has 1 rings (SSSR count). The van der Waals surface area contributed by atoms with Crippen LogP contribution < -0.4 is 11.3 Å². The number of hydrogen-bond donors (Lipinski definition) is 2. The van der Waals surface area contributed by atoms with E-state index in [1.807, 2.05) is 12.1 Å². The summed E-state index contributed by atoms with van der Waals surface area (Å²) in [6.45, 7) is 4.20. The summed E-state index contributed by atoms with van der Waals surface area (Å²) in [4.78, 5) is 15.4. The molecule has 0 radical (unpaired) electrons. The second kappa shape index (κ2) is 7.42. The molecule has 1 amide bonds. The lowest BCUT2D eigenvalue weighted by Crippen LogP contribution is -2.29. The van der Waals surface area contributed by atoms with Gasteiger partial charge in [0.05, 0.1) is 4.88 Å². The topological polar surface area (TPSA) is 58.4 Å². The van der Waals surface area contributed by atoms with Gasteiger partial charge in [0, 0.05) is 11.4 Å². The van der Waals surface area contributed by atoms with Crippen molar-refractivity contribution in [3.63, 3.8) is 0 Å². The van der Waals surface area contributed by atoms with Gasteiger partial charge in [-0.15, -0.1) is 11.3 Å². The van der Waals surface area contributed by atoms with Crippen LogP contribution in [0.15, 0.2) is 12.1 Å². The van der Waals surface area contributed by atoms with Crippen LogP contribution in [0.2, 0.25) is 0 Å². The number of hydrogen-bond acceptors (Lipinski definition) is 4. The van der Waals surface area contributed by atoms with Crippen LogP contribution in [0.25, 0.3) is 0 Å². The summed E-state index contributed by atoms with van der Waals surface area (Å²) in [6, 6.07) is 3.81. The Morgan fingerprint density at radius 3 is 2.88 bits per heavy atom. The highest BCUT2D eigenvalue weighted by molar-refractivity contribution is 7.14. The fraction of sp³-hybridized carbons (Fsp3) is 0.583. The maximum Gasteiger partial charge on any atom is 0.275 e. The number of nitrogens with two attached hydrogens (primary N) is 1. The molecule has 1 heterocycles. The number of amides is 1. The van der Waals surface area contributed by atoms with Crippen molar-refractivity contribution in [2.45, 2.75) is 32.7 Å². The van der Waals surface area contributed by atoms with Crippen LogP contribution in [0.3, 0.4) is 0 Å². The van der Waals surface area contributed by atoms with Gasteiger partial charge in [0.1, 0.15) is 0 Å². The van der Waals surface area contributed by atoms with Gasteiger partial charge in [-0.1, -0.05) is 19.8 Å². The molecule has 0 aromatic carbocycles. The SMILES string of the molecule is CCCCCN(C)Cc1ccc(C(=O)NN)s1. The number of nitrogen functional groups attached to an aromatic ring is 1. The smallest absolute Gasteiger partial charge is 0.275 e. The van der Waals surface area contributed by atoms with Gasteiger partial charge < -0.3 is 4.90 Å². The van der Waals surface area contributed by atoms with Crippen molar-refractivity contribution in [2.75, 3.05) is 13.6 Å². The minimum atomic E-state index is -0.213. The number of nitrogens with zero attached hydrogens (tertiary/aromatic N) is 1. The zero-order valence-corrected chi connectivity index (χ0v) is 11.3. The van der Waals surface area contributed by atoms with E-state index in [1.54, 1.807) is 0 Å². The Bertz CT molecular complexity index is 351. The number of unbranched alkanes of at least 4 members (excludes halogenated alkanes) is 2. The van der Waals surface area contributed by atoms with Crippen molar-refractivity contribution >= 4 is 17.2 Å². The molecule has 1 aromatic rings. The number of nitrogens with one attached hydrogen (secondary N) is 1. The van der Waals surface area contributed by atoms with Gasteiger partial charge in [-0.2, -0.15) is 0 Å². The summed E-state index contributed by atoms with van der Waals surface area (Å²) in [5.41, 5.74) is 2.15. The lowest BCUT2D eigenvalue weighted by molar-refractivity contribution is 0.0957. The van der Waals surface area contributed by atoms with Crippen molar-refractivity contribution in [3.05, 3.63) is 21.9 Å². The molecule has 0 aliphatic rings. The summed E-state index contributed by atoms with van der Waals surface area (Å²) in [7, 11) is 2.11. The molecule has 0 unspecified atom stereocenters. The van der Waals surface area contributed by atoms with Crippen LogP contribution in [-0.4, -0.2) is 24.4 Å². The molecule has 0 spiro atoms. The predicted octanol–water partition coefficient (Wildman–Crippen LogP) is 1.97. The molecular weight excluding hydrogens is 234 g/mol. The van der Waals surface area contributed by atoms with Crippen molar-refractivity contribution in [1.82, 2.24) is 10.3 Å². The number of thiophene rings is 1. The molecule has 0 saturated heterocycles. The van der Waals surface area contributed by atoms with E-state index < -0.39 is 0 Å². The Balaban J connectivity index is 2.40. The summed E-state index contributed by atoms with van der Waals surface area (Å²) >= 11 is 1.50. The average Bonchev–Trinajstić information content (AvgIpc) is 2.77. The lowest BCUT2D eigenvalue weighted by Gasteiger charge is -2.14. The van der Waals surface area contributed by atoms with Crippen LogP contribution >= 0.6 is 11.3 Å². The average molecular weight is 255 g/mol. The molecule has 1 aromatic heterocycles. The van der Waals surface area contributed by atoms with Crippen LogP contribution in [0.1, 0.15) is 40.7 Å². The van der Waals surface area contributed by atoms with E-state index in [0.29, 0.717) is 4.88 Å². The van der Waals surface area contributed by atoms with Gasteiger partial charge in [0.25, 0.3) is 5.91 Å². The highest BCUT2D eigenvalue weighted by Gasteiger charge is 2.08. The minimum Gasteiger partial charge on any atom is -0.301 e. The molecule has 3 N–H and O–H groups in total. The molecule has 17 heavy (non-hydrogen) atoms. The van der Waals surface area contributed by atoms with Crippen molar-refractivity contribution in [1.29, 1.82) is 0 Å². The maximum absolute atomic E-state index is 11.3. The molecule has 0 saturated carbocycles. The van der Waals surface area contributed by atoms with E-state index in [9.17, 15) is 4.79 Å². The van der Waals surface area contributed by atoms with E-state index in [-0.39, 0.29) is 5.91 Å². The number of rotatable bonds is 7. The maximum atomic E-state index is 11.3.